The van der Waals surface area contributed by atoms with E-state index in [9.17, 15) is 9.90 Å². The Labute approximate surface area is 140 Å². The number of hydrogen-bond acceptors (Lipinski definition) is 5. The Morgan fingerprint density at radius 3 is 2.87 bits per heavy atom. The number of aliphatic hydroxyl groups is 1. The number of rotatable bonds is 5. The minimum atomic E-state index is 0.112. The summed E-state index contributed by atoms with van der Waals surface area (Å²) in [5.74, 6) is 0.521. The van der Waals surface area contributed by atoms with Gasteiger partial charge in [-0.05, 0) is 37.7 Å². The summed E-state index contributed by atoms with van der Waals surface area (Å²) < 4.78 is 5.07. The van der Waals surface area contributed by atoms with Crippen molar-refractivity contribution in [3.8, 4) is 10.6 Å². The second-order valence-corrected chi connectivity index (χ2v) is 7.05. The molecule has 0 radical (unpaired) electrons. The van der Waals surface area contributed by atoms with Crippen LogP contribution in [0.25, 0.3) is 10.6 Å². The summed E-state index contributed by atoms with van der Waals surface area (Å²) in [4.78, 5) is 18.9. The lowest BCUT2D eigenvalue weighted by molar-refractivity contribution is -0.132. The highest BCUT2D eigenvalue weighted by Gasteiger charge is 2.26. The second kappa shape index (κ2) is 7.27. The van der Waals surface area contributed by atoms with Crippen LogP contribution in [0, 0.1) is 5.92 Å². The van der Waals surface area contributed by atoms with E-state index in [1.807, 2.05) is 23.4 Å². The Morgan fingerprint density at radius 2 is 2.22 bits per heavy atom. The molecule has 5 nitrogen and oxygen atoms in total. The van der Waals surface area contributed by atoms with Crippen LogP contribution in [0.1, 0.15) is 31.4 Å². The van der Waals surface area contributed by atoms with Crippen molar-refractivity contribution in [2.45, 2.75) is 38.1 Å². The first kappa shape index (κ1) is 16.2. The van der Waals surface area contributed by atoms with Gasteiger partial charge in [0, 0.05) is 30.6 Å². The first-order valence-corrected chi connectivity index (χ1v) is 8.89. The third-order valence-electron chi connectivity index (χ3n) is 4.67. The molecule has 0 spiro atoms. The molecule has 1 aliphatic carbocycles. The van der Waals surface area contributed by atoms with Gasteiger partial charge in [-0.1, -0.05) is 0 Å². The van der Waals surface area contributed by atoms with Gasteiger partial charge in [-0.25, -0.2) is 4.98 Å². The van der Waals surface area contributed by atoms with Crippen LogP contribution in [-0.2, 0) is 11.2 Å². The molecule has 2 aromatic heterocycles. The number of carbonyl (C=O) groups is 1. The fourth-order valence-corrected chi connectivity index (χ4v) is 3.91. The Hall–Kier alpha value is -1.66. The summed E-state index contributed by atoms with van der Waals surface area (Å²) >= 11 is 1.53. The summed E-state index contributed by atoms with van der Waals surface area (Å²) in [6, 6.07) is 2.16. The number of thiazole rings is 1. The first-order chi connectivity index (χ1) is 11.2. The maximum atomic E-state index is 12.5. The van der Waals surface area contributed by atoms with Crippen LogP contribution in [-0.4, -0.2) is 40.6 Å². The van der Waals surface area contributed by atoms with Gasteiger partial charge in [-0.2, -0.15) is 0 Å². The Morgan fingerprint density at radius 1 is 1.43 bits per heavy atom. The fraction of sp³-hybridized carbons (Fsp3) is 0.529. The lowest BCUT2D eigenvalue weighted by Gasteiger charge is -2.34. The van der Waals surface area contributed by atoms with Crippen LogP contribution in [0.3, 0.4) is 0 Å². The zero-order valence-corrected chi connectivity index (χ0v) is 14.1. The highest BCUT2D eigenvalue weighted by molar-refractivity contribution is 7.13. The summed E-state index contributed by atoms with van der Waals surface area (Å²) in [6.45, 7) is 0.264. The van der Waals surface area contributed by atoms with Crippen molar-refractivity contribution in [3.63, 3.8) is 0 Å². The molecule has 0 bridgehead atoms. The summed E-state index contributed by atoms with van der Waals surface area (Å²) in [5, 5.41) is 12.0. The number of likely N-dealkylation sites (N-methyl/N-ethyl adjacent to an activating group) is 1. The van der Waals surface area contributed by atoms with Gasteiger partial charge in [-0.15, -0.1) is 11.3 Å². The van der Waals surface area contributed by atoms with Crippen molar-refractivity contribution in [1.82, 2.24) is 9.88 Å². The average Bonchev–Trinajstić information content (AvgIpc) is 3.25. The van der Waals surface area contributed by atoms with Crippen molar-refractivity contribution in [2.75, 3.05) is 13.7 Å². The van der Waals surface area contributed by atoms with E-state index in [0.29, 0.717) is 12.3 Å². The smallest absolute Gasteiger partial charge is 0.228 e. The molecule has 23 heavy (non-hydrogen) atoms. The third kappa shape index (κ3) is 3.82. The minimum Gasteiger partial charge on any atom is -0.472 e. The molecule has 0 atom stereocenters. The van der Waals surface area contributed by atoms with Gasteiger partial charge < -0.3 is 14.4 Å². The van der Waals surface area contributed by atoms with Crippen LogP contribution < -0.4 is 0 Å². The molecule has 6 heteroatoms. The second-order valence-electron chi connectivity index (χ2n) is 6.19. The normalized spacial score (nSPS) is 21.3. The lowest BCUT2D eigenvalue weighted by atomic mass is 9.86. The van der Waals surface area contributed by atoms with E-state index in [1.165, 1.54) is 11.3 Å². The van der Waals surface area contributed by atoms with Crippen molar-refractivity contribution in [3.05, 3.63) is 29.7 Å². The summed E-state index contributed by atoms with van der Waals surface area (Å²) in [7, 11) is 1.88. The van der Waals surface area contributed by atoms with Gasteiger partial charge >= 0.3 is 0 Å². The van der Waals surface area contributed by atoms with E-state index in [1.54, 1.807) is 12.5 Å². The first-order valence-electron chi connectivity index (χ1n) is 8.01. The van der Waals surface area contributed by atoms with Crippen molar-refractivity contribution >= 4 is 17.2 Å². The third-order valence-corrected chi connectivity index (χ3v) is 5.61. The minimum absolute atomic E-state index is 0.112. The highest BCUT2D eigenvalue weighted by atomic mass is 32.1. The molecule has 0 saturated heterocycles. The topological polar surface area (TPSA) is 66.6 Å². The largest absolute Gasteiger partial charge is 0.472 e. The highest BCUT2D eigenvalue weighted by Crippen LogP contribution is 2.28. The molecule has 1 fully saturated rings. The predicted octanol–water partition coefficient (Wildman–Crippen LogP) is 2.96. The number of amides is 1. The molecular formula is C17H22N2O3S. The van der Waals surface area contributed by atoms with Crippen LogP contribution in [0.2, 0.25) is 0 Å². The van der Waals surface area contributed by atoms with Crippen molar-refractivity contribution in [2.24, 2.45) is 5.92 Å². The Balaban J connectivity index is 1.56. The van der Waals surface area contributed by atoms with Crippen LogP contribution in [0.5, 0.6) is 0 Å². The van der Waals surface area contributed by atoms with Crippen molar-refractivity contribution in [1.29, 1.82) is 0 Å². The molecule has 0 aromatic carbocycles. The molecule has 1 saturated carbocycles. The monoisotopic (exact) mass is 334 g/mol. The molecule has 1 amide bonds. The molecule has 0 unspecified atom stereocenters. The van der Waals surface area contributed by atoms with E-state index in [2.05, 4.69) is 4.98 Å². The van der Waals surface area contributed by atoms with Crippen LogP contribution in [0.4, 0.5) is 0 Å². The zero-order valence-electron chi connectivity index (χ0n) is 13.3. The van der Waals surface area contributed by atoms with E-state index < -0.39 is 0 Å². The number of hydrogen-bond donors (Lipinski definition) is 1. The zero-order chi connectivity index (χ0) is 16.2. The van der Waals surface area contributed by atoms with E-state index in [-0.39, 0.29) is 18.6 Å². The van der Waals surface area contributed by atoms with E-state index in [0.717, 1.165) is 41.9 Å². The van der Waals surface area contributed by atoms with Gasteiger partial charge in [0.15, 0.2) is 0 Å². The van der Waals surface area contributed by atoms with Gasteiger partial charge in [0.25, 0.3) is 0 Å². The molecule has 2 heterocycles. The maximum Gasteiger partial charge on any atom is 0.228 e. The summed E-state index contributed by atoms with van der Waals surface area (Å²) in [5.41, 5.74) is 1.76. The molecular weight excluding hydrogens is 312 g/mol. The maximum absolute atomic E-state index is 12.5. The van der Waals surface area contributed by atoms with Gasteiger partial charge in [0.1, 0.15) is 11.3 Å². The summed E-state index contributed by atoms with van der Waals surface area (Å²) in [6.07, 6.45) is 7.58. The number of nitrogens with zero attached hydrogens (tertiary/aromatic N) is 2. The predicted molar refractivity (Wildman–Crippen MR) is 89.1 cm³/mol. The fourth-order valence-electron chi connectivity index (χ4n) is 3.10. The molecule has 3 rings (SSSR count). The number of furan rings is 1. The standard InChI is InChI=1S/C17H22N2O3S/c1-19(15-4-2-12(9-20)3-5-15)16(21)8-14-11-23-17(18-14)13-6-7-22-10-13/h6-7,10-12,15,20H,2-5,8-9H2,1H3. The van der Waals surface area contributed by atoms with Gasteiger partial charge in [-0.3, -0.25) is 4.79 Å². The molecule has 124 valence electrons. The Bertz CT molecular complexity index is 630. The van der Waals surface area contributed by atoms with E-state index in [4.69, 9.17) is 4.42 Å². The van der Waals surface area contributed by atoms with Crippen molar-refractivity contribution < 1.29 is 14.3 Å². The van der Waals surface area contributed by atoms with Crippen LogP contribution in [0.15, 0.2) is 28.4 Å². The molecule has 1 aliphatic rings. The van der Waals surface area contributed by atoms with Gasteiger partial charge in [0.05, 0.1) is 18.4 Å². The van der Waals surface area contributed by atoms with E-state index >= 15 is 0 Å². The van der Waals surface area contributed by atoms with Crippen LogP contribution >= 0.6 is 11.3 Å². The average molecular weight is 334 g/mol. The number of aliphatic hydroxyl groups excluding tert-OH is 1. The van der Waals surface area contributed by atoms with Gasteiger partial charge in [0.2, 0.25) is 5.91 Å². The lowest BCUT2D eigenvalue weighted by Crippen LogP contribution is -2.40. The molecule has 2 aromatic rings. The quantitative estimate of drug-likeness (QED) is 0.913. The SMILES string of the molecule is CN(C(=O)Cc1csc(-c2ccoc2)n1)C1CCC(CO)CC1. The Kier molecular flexibility index (Phi) is 5.13. The molecule has 1 N–H and O–H groups in total. The number of aromatic nitrogens is 1. The molecule has 0 aliphatic heterocycles. The number of carbonyl (C=O) groups excluding carboxylic acids is 1.